The lowest BCUT2D eigenvalue weighted by Gasteiger charge is -2.26. The van der Waals surface area contributed by atoms with Crippen molar-refractivity contribution in [1.29, 1.82) is 0 Å². The Morgan fingerprint density at radius 1 is 1.37 bits per heavy atom. The second kappa shape index (κ2) is 11.6. The van der Waals surface area contributed by atoms with Crippen molar-refractivity contribution in [1.82, 2.24) is 5.32 Å². The van der Waals surface area contributed by atoms with Crippen LogP contribution in [0.2, 0.25) is 0 Å². The van der Waals surface area contributed by atoms with Gasteiger partial charge < -0.3 is 20.6 Å². The quantitative estimate of drug-likeness (QED) is 0.322. The summed E-state index contributed by atoms with van der Waals surface area (Å²) in [5.74, 6) is 0.424. The highest BCUT2D eigenvalue weighted by atomic mass is 32.2. The lowest BCUT2D eigenvalue weighted by molar-refractivity contribution is -0.144. The number of hydrogen-bond acceptors (Lipinski definition) is 6. The molecule has 7 heteroatoms. The number of aldehydes is 1. The first-order chi connectivity index (χ1) is 12.8. The van der Waals surface area contributed by atoms with E-state index in [-0.39, 0.29) is 30.9 Å². The number of nitrogens with one attached hydrogen (secondary N) is 1. The van der Waals surface area contributed by atoms with Crippen LogP contribution < -0.4 is 11.1 Å². The van der Waals surface area contributed by atoms with Crippen LogP contribution in [0.4, 0.5) is 0 Å². The molecule has 6 nitrogen and oxygen atoms in total. The Labute approximate surface area is 164 Å². The number of hydrogen-bond donors (Lipinski definition) is 2. The summed E-state index contributed by atoms with van der Waals surface area (Å²) in [4.78, 5) is 34.2. The second-order valence-corrected chi connectivity index (χ2v) is 7.67. The molecule has 0 aliphatic rings. The molecule has 1 aromatic carbocycles. The van der Waals surface area contributed by atoms with E-state index < -0.39 is 5.54 Å². The van der Waals surface area contributed by atoms with Crippen LogP contribution in [0.3, 0.4) is 0 Å². The first-order valence-electron chi connectivity index (χ1n) is 8.75. The molecule has 0 saturated carbocycles. The molecule has 0 aliphatic heterocycles. The van der Waals surface area contributed by atoms with Gasteiger partial charge >= 0.3 is 5.97 Å². The van der Waals surface area contributed by atoms with E-state index in [9.17, 15) is 14.4 Å². The van der Waals surface area contributed by atoms with Crippen molar-refractivity contribution in [2.45, 2.75) is 44.9 Å². The number of thioether (sulfide) groups is 1. The van der Waals surface area contributed by atoms with E-state index in [1.54, 1.807) is 13.0 Å². The standard InChI is InChI=1S/C20H28N2O4S/c1-4-17-5-7-18(8-6-17)12-26-19(25)9-10-27-14-20(21,13-23)11-15(2)22-16(3)24/h4-8,13,15H,1,9-12,14,21H2,2-3H3,(H,22,24). The molecule has 0 aliphatic carbocycles. The van der Waals surface area contributed by atoms with E-state index in [0.29, 0.717) is 24.2 Å². The van der Waals surface area contributed by atoms with Gasteiger partial charge in [-0.2, -0.15) is 11.8 Å². The van der Waals surface area contributed by atoms with Crippen molar-refractivity contribution in [3.05, 3.63) is 42.0 Å². The first-order valence-corrected chi connectivity index (χ1v) is 9.90. The van der Waals surface area contributed by atoms with Crippen molar-refractivity contribution in [3.63, 3.8) is 0 Å². The van der Waals surface area contributed by atoms with Gasteiger partial charge in [0.05, 0.1) is 12.0 Å². The van der Waals surface area contributed by atoms with E-state index in [1.165, 1.54) is 18.7 Å². The van der Waals surface area contributed by atoms with E-state index in [1.807, 2.05) is 24.3 Å². The normalized spacial score (nSPS) is 13.9. The van der Waals surface area contributed by atoms with Gasteiger partial charge in [0.1, 0.15) is 12.9 Å². The third-order valence-electron chi connectivity index (χ3n) is 3.81. The molecule has 0 fully saturated rings. The van der Waals surface area contributed by atoms with Crippen LogP contribution in [0.5, 0.6) is 0 Å². The predicted octanol–water partition coefficient (Wildman–Crippen LogP) is 2.31. The lowest BCUT2D eigenvalue weighted by Crippen LogP contribution is -2.49. The first kappa shape index (κ1) is 22.9. The van der Waals surface area contributed by atoms with E-state index in [4.69, 9.17) is 10.5 Å². The van der Waals surface area contributed by atoms with Gasteiger partial charge in [-0.15, -0.1) is 0 Å². The monoisotopic (exact) mass is 392 g/mol. The van der Waals surface area contributed by atoms with Crippen molar-refractivity contribution in [2.24, 2.45) is 5.73 Å². The summed E-state index contributed by atoms with van der Waals surface area (Å²) in [5.41, 5.74) is 6.97. The molecule has 0 radical (unpaired) electrons. The fourth-order valence-corrected chi connectivity index (χ4v) is 3.53. The molecule has 148 valence electrons. The Morgan fingerprint density at radius 3 is 2.59 bits per heavy atom. The van der Waals surface area contributed by atoms with E-state index in [0.717, 1.165) is 11.1 Å². The molecule has 2 atom stereocenters. The van der Waals surface area contributed by atoms with Crippen molar-refractivity contribution in [2.75, 3.05) is 11.5 Å². The number of carbonyl (C=O) groups is 3. The minimum Gasteiger partial charge on any atom is -0.461 e. The fraction of sp³-hybridized carbons (Fsp3) is 0.450. The molecule has 2 unspecified atom stereocenters. The third-order valence-corrected chi connectivity index (χ3v) is 5.04. The Kier molecular flexibility index (Phi) is 9.82. The number of benzene rings is 1. The number of amides is 1. The van der Waals surface area contributed by atoms with Crippen LogP contribution in [0, 0.1) is 0 Å². The summed E-state index contributed by atoms with van der Waals surface area (Å²) in [7, 11) is 0. The molecule has 27 heavy (non-hydrogen) atoms. The number of nitrogens with two attached hydrogens (primary N) is 1. The average Bonchev–Trinajstić information content (AvgIpc) is 2.63. The third kappa shape index (κ3) is 9.40. The summed E-state index contributed by atoms with van der Waals surface area (Å²) >= 11 is 1.42. The molecule has 0 heterocycles. The highest BCUT2D eigenvalue weighted by Gasteiger charge is 2.27. The maximum Gasteiger partial charge on any atom is 0.306 e. The molecule has 1 aromatic rings. The highest BCUT2D eigenvalue weighted by Crippen LogP contribution is 2.16. The predicted molar refractivity (Wildman–Crippen MR) is 109 cm³/mol. The van der Waals surface area contributed by atoms with Crippen LogP contribution >= 0.6 is 11.8 Å². The SMILES string of the molecule is C=Cc1ccc(COC(=O)CCSCC(N)(C=O)CC(C)NC(C)=O)cc1. The van der Waals surface area contributed by atoms with E-state index >= 15 is 0 Å². The smallest absolute Gasteiger partial charge is 0.306 e. The lowest BCUT2D eigenvalue weighted by atomic mass is 9.96. The van der Waals surface area contributed by atoms with Crippen LogP contribution in [0.25, 0.3) is 6.08 Å². The van der Waals surface area contributed by atoms with Gasteiger partial charge in [-0.25, -0.2) is 0 Å². The zero-order chi connectivity index (χ0) is 20.3. The zero-order valence-electron chi connectivity index (χ0n) is 15.9. The Balaban J connectivity index is 2.29. The number of carbonyl (C=O) groups excluding carboxylic acids is 3. The molecule has 0 aromatic heterocycles. The topological polar surface area (TPSA) is 98.5 Å². The van der Waals surface area contributed by atoms with Gasteiger partial charge in [0.15, 0.2) is 0 Å². The van der Waals surface area contributed by atoms with Crippen molar-refractivity contribution < 1.29 is 19.1 Å². The van der Waals surface area contributed by atoms with Gasteiger partial charge in [0.25, 0.3) is 0 Å². The Hall–Kier alpha value is -2.12. The van der Waals surface area contributed by atoms with Gasteiger partial charge in [0.2, 0.25) is 5.91 Å². The fourth-order valence-electron chi connectivity index (χ4n) is 2.51. The minimum absolute atomic E-state index is 0.162. The second-order valence-electron chi connectivity index (χ2n) is 6.57. The molecular weight excluding hydrogens is 364 g/mol. The van der Waals surface area contributed by atoms with Crippen molar-refractivity contribution >= 4 is 36.0 Å². The number of rotatable bonds is 12. The van der Waals surface area contributed by atoms with Crippen LogP contribution in [0.1, 0.15) is 37.8 Å². The molecule has 0 spiro atoms. The maximum atomic E-state index is 11.8. The summed E-state index contributed by atoms with van der Waals surface area (Å²) < 4.78 is 5.24. The molecule has 1 rings (SSSR count). The summed E-state index contributed by atoms with van der Waals surface area (Å²) in [6.45, 7) is 7.14. The van der Waals surface area contributed by atoms with Crippen LogP contribution in [0.15, 0.2) is 30.8 Å². The summed E-state index contributed by atoms with van der Waals surface area (Å²) in [5, 5.41) is 2.71. The minimum atomic E-state index is -1.04. The Bertz CT molecular complexity index is 648. The molecule has 0 bridgehead atoms. The van der Waals surface area contributed by atoms with Crippen molar-refractivity contribution in [3.8, 4) is 0 Å². The highest BCUT2D eigenvalue weighted by molar-refractivity contribution is 7.99. The number of esters is 1. The van der Waals surface area contributed by atoms with Crippen LogP contribution in [-0.2, 0) is 25.7 Å². The van der Waals surface area contributed by atoms with Gasteiger partial charge in [-0.05, 0) is 24.5 Å². The summed E-state index contributed by atoms with van der Waals surface area (Å²) in [6.07, 6.45) is 3.05. The molecular formula is C20H28N2O4S. The average molecular weight is 393 g/mol. The van der Waals surface area contributed by atoms with Gasteiger partial charge in [-0.1, -0.05) is 36.9 Å². The molecule has 0 saturated heterocycles. The van der Waals surface area contributed by atoms with E-state index in [2.05, 4.69) is 11.9 Å². The van der Waals surface area contributed by atoms with Gasteiger partial charge in [0, 0.05) is 24.5 Å². The number of ether oxygens (including phenoxy) is 1. The Morgan fingerprint density at radius 2 is 2.04 bits per heavy atom. The van der Waals surface area contributed by atoms with Gasteiger partial charge in [-0.3, -0.25) is 9.59 Å². The molecule has 3 N–H and O–H groups in total. The summed E-state index contributed by atoms with van der Waals surface area (Å²) in [6, 6.07) is 7.41. The largest absolute Gasteiger partial charge is 0.461 e. The van der Waals surface area contributed by atoms with Crippen LogP contribution in [-0.4, -0.2) is 41.2 Å². The maximum absolute atomic E-state index is 11.8. The zero-order valence-corrected chi connectivity index (χ0v) is 16.7. The molecule has 1 amide bonds.